The molecule has 0 bridgehead atoms. The molecule has 16 heteroatoms. The first-order valence-corrected chi connectivity index (χ1v) is 24.2. The monoisotopic (exact) mass is 915 g/mol. The summed E-state index contributed by atoms with van der Waals surface area (Å²) in [6.07, 6.45) is 1.06. The SMILES string of the molecule is CO[C@H]1C[C@@H](C[C@H]2O[C@@](O)([C@H](C)C(=O)O)[C@H](C)[C@H](OC)[C@@]2(C)O[C@H]2CC[C@@H](OC)[C@H](C)O2)O[C@]2(O[C@@](C)([C@@H]3CC[C@H]([C@H]4CC[C@H]([C@H]5O[C@](C)(O)[C@H](C)C[C@@H]5C)O4)O3)[C@H](OC)[C@H]2C)[C@@H]1C. The second-order valence-electron chi connectivity index (χ2n) is 21.3. The minimum atomic E-state index is -2.11. The number of aliphatic carboxylic acids is 1. The van der Waals surface area contributed by atoms with Crippen LogP contribution >= 0.6 is 0 Å². The summed E-state index contributed by atoms with van der Waals surface area (Å²) in [6, 6.07) is 0. The number of carboxylic acids is 1. The lowest BCUT2D eigenvalue weighted by Gasteiger charge is -2.58. The molecule has 7 aliphatic heterocycles. The Hall–Kier alpha value is -1.09. The Labute approximate surface area is 381 Å². The second kappa shape index (κ2) is 19.0. The summed E-state index contributed by atoms with van der Waals surface area (Å²) in [7, 11) is 6.61. The van der Waals surface area contributed by atoms with Crippen LogP contribution in [0.1, 0.15) is 127 Å². The highest BCUT2D eigenvalue weighted by Gasteiger charge is 2.70. The first-order valence-electron chi connectivity index (χ1n) is 24.2. The van der Waals surface area contributed by atoms with Crippen molar-refractivity contribution in [3.8, 4) is 0 Å². The van der Waals surface area contributed by atoms with Crippen molar-refractivity contribution >= 4 is 5.97 Å². The van der Waals surface area contributed by atoms with E-state index in [1.165, 1.54) is 6.92 Å². The summed E-state index contributed by atoms with van der Waals surface area (Å²) in [6.45, 7) is 19.2. The van der Waals surface area contributed by atoms with E-state index in [2.05, 4.69) is 27.7 Å². The van der Waals surface area contributed by atoms with Crippen molar-refractivity contribution < 1.29 is 77.0 Å². The van der Waals surface area contributed by atoms with Crippen LogP contribution in [-0.2, 0) is 61.6 Å². The third-order valence-corrected chi connectivity index (χ3v) is 17.4. The molecule has 0 aliphatic carbocycles. The van der Waals surface area contributed by atoms with E-state index in [-0.39, 0.29) is 78.9 Å². The van der Waals surface area contributed by atoms with Gasteiger partial charge in [-0.3, -0.25) is 4.79 Å². The summed E-state index contributed by atoms with van der Waals surface area (Å²) in [4.78, 5) is 12.5. The topological polar surface area (TPSA) is 189 Å². The molecule has 0 amide bonds. The Kier molecular flexibility index (Phi) is 15.1. The number of aliphatic hydroxyl groups is 2. The Bertz CT molecular complexity index is 1600. The maximum Gasteiger partial charge on any atom is 0.311 e. The average molecular weight is 915 g/mol. The lowest BCUT2D eigenvalue weighted by Crippen LogP contribution is -2.71. The minimum absolute atomic E-state index is 0.0384. The number of ether oxygens (including phenoxy) is 12. The molecule has 0 saturated carbocycles. The Morgan fingerprint density at radius 1 is 0.703 bits per heavy atom. The third kappa shape index (κ3) is 8.77. The molecule has 16 nitrogen and oxygen atoms in total. The molecule has 0 unspecified atom stereocenters. The van der Waals surface area contributed by atoms with Gasteiger partial charge in [0.25, 0.3) is 0 Å². The number of methoxy groups -OCH3 is 4. The smallest absolute Gasteiger partial charge is 0.311 e. The Balaban J connectivity index is 1.13. The van der Waals surface area contributed by atoms with Crippen molar-refractivity contribution in [2.45, 2.75) is 235 Å². The third-order valence-electron chi connectivity index (χ3n) is 17.4. The number of carboxylic acid groups (broad SMARTS) is 1. The summed E-state index contributed by atoms with van der Waals surface area (Å²) in [5.41, 5.74) is -2.16. The standard InChI is InChI=1S/C48H82O16/c1-24-21-25(2)46(10,51)63-40(24)35-16-15-33(58-35)34-17-19-37(59-34)45(9)42(56-14)28(5)48(64-45)26(3)36(54-12)22-31(60-48)23-38-44(8,62-39-20-18-32(53-11)30(7)57-39)41(55-13)27(4)47(52,61-38)29(6)43(49)50/h24-42,51-52H,15-23H2,1-14H3,(H,49,50)/t24-,25+,26+,27+,28+,29+,30-,31-,32+,33+,34+,35+,36-,37-,38+,39-,40-,41-,42+,44-,45-,46-,47+,48-/m0/s1. The molecule has 3 N–H and O–H groups in total. The number of hydrogen-bond acceptors (Lipinski definition) is 15. The molecule has 1 spiro atoms. The van der Waals surface area contributed by atoms with Gasteiger partial charge in [-0.25, -0.2) is 0 Å². The van der Waals surface area contributed by atoms with Crippen LogP contribution in [0.4, 0.5) is 0 Å². The fourth-order valence-electron chi connectivity index (χ4n) is 13.3. The Morgan fingerprint density at radius 3 is 1.97 bits per heavy atom. The predicted octanol–water partition coefficient (Wildman–Crippen LogP) is 5.59. The van der Waals surface area contributed by atoms with E-state index < -0.39 is 77.1 Å². The maximum atomic E-state index is 12.5. The van der Waals surface area contributed by atoms with Crippen LogP contribution in [0.5, 0.6) is 0 Å². The van der Waals surface area contributed by atoms with Crippen LogP contribution in [0.3, 0.4) is 0 Å². The van der Waals surface area contributed by atoms with E-state index in [4.69, 9.17) is 56.8 Å². The van der Waals surface area contributed by atoms with Gasteiger partial charge in [0, 0.05) is 71.4 Å². The van der Waals surface area contributed by atoms with E-state index in [1.807, 2.05) is 20.8 Å². The summed E-state index contributed by atoms with van der Waals surface area (Å²) < 4.78 is 79.0. The van der Waals surface area contributed by atoms with Crippen molar-refractivity contribution in [3.05, 3.63) is 0 Å². The number of carbonyl (C=O) groups is 1. The normalized spacial score (nSPS) is 54.1. The van der Waals surface area contributed by atoms with Gasteiger partial charge in [-0.1, -0.05) is 34.6 Å². The van der Waals surface area contributed by atoms with Crippen molar-refractivity contribution in [3.63, 3.8) is 0 Å². The summed E-state index contributed by atoms with van der Waals surface area (Å²) >= 11 is 0. The maximum absolute atomic E-state index is 12.5. The molecule has 7 fully saturated rings. The zero-order chi connectivity index (χ0) is 46.9. The van der Waals surface area contributed by atoms with Crippen LogP contribution in [0, 0.1) is 35.5 Å². The molecule has 7 saturated heterocycles. The molecule has 370 valence electrons. The van der Waals surface area contributed by atoms with Gasteiger partial charge in [0.15, 0.2) is 23.7 Å². The summed E-state index contributed by atoms with van der Waals surface area (Å²) in [5, 5.41) is 33.5. The molecular formula is C48H82O16. The Morgan fingerprint density at radius 2 is 1.34 bits per heavy atom. The quantitative estimate of drug-likeness (QED) is 0.207. The zero-order valence-corrected chi connectivity index (χ0v) is 41.0. The lowest BCUT2D eigenvalue weighted by molar-refractivity contribution is -0.403. The first-order chi connectivity index (χ1) is 30.0. The van der Waals surface area contributed by atoms with Gasteiger partial charge in [-0.05, 0) is 79.1 Å². The van der Waals surface area contributed by atoms with Gasteiger partial charge < -0.3 is 72.2 Å². The van der Waals surface area contributed by atoms with Gasteiger partial charge in [0.05, 0.1) is 73.2 Å². The van der Waals surface area contributed by atoms with Crippen LogP contribution < -0.4 is 0 Å². The van der Waals surface area contributed by atoms with Gasteiger partial charge >= 0.3 is 5.97 Å². The molecule has 0 radical (unpaired) electrons. The lowest BCUT2D eigenvalue weighted by atomic mass is 9.71. The molecule has 7 rings (SSSR count). The van der Waals surface area contributed by atoms with Crippen LogP contribution in [0.25, 0.3) is 0 Å². The van der Waals surface area contributed by atoms with Gasteiger partial charge in [-0.15, -0.1) is 0 Å². The molecule has 7 heterocycles. The van der Waals surface area contributed by atoms with Gasteiger partial charge in [0.1, 0.15) is 17.1 Å². The summed E-state index contributed by atoms with van der Waals surface area (Å²) in [5.74, 6) is -8.05. The van der Waals surface area contributed by atoms with Crippen molar-refractivity contribution in [1.82, 2.24) is 0 Å². The van der Waals surface area contributed by atoms with E-state index in [1.54, 1.807) is 42.3 Å². The molecule has 0 aromatic carbocycles. The molecule has 7 aliphatic rings. The highest BCUT2D eigenvalue weighted by Crippen LogP contribution is 2.57. The molecular weight excluding hydrogens is 833 g/mol. The molecule has 0 aromatic heterocycles. The van der Waals surface area contributed by atoms with Crippen molar-refractivity contribution in [2.75, 3.05) is 28.4 Å². The fourth-order valence-corrected chi connectivity index (χ4v) is 13.3. The van der Waals surface area contributed by atoms with Crippen molar-refractivity contribution in [1.29, 1.82) is 0 Å². The van der Waals surface area contributed by atoms with E-state index in [0.29, 0.717) is 19.3 Å². The largest absolute Gasteiger partial charge is 0.481 e. The van der Waals surface area contributed by atoms with Crippen LogP contribution in [0.15, 0.2) is 0 Å². The average Bonchev–Trinajstić information content (AvgIpc) is 3.98. The highest BCUT2D eigenvalue weighted by molar-refractivity contribution is 5.70. The van der Waals surface area contributed by atoms with Crippen LogP contribution in [-0.4, -0.2) is 158 Å². The minimum Gasteiger partial charge on any atom is -0.481 e. The fraction of sp³-hybridized carbons (Fsp3) is 0.979. The number of rotatable bonds is 13. The van der Waals surface area contributed by atoms with E-state index >= 15 is 0 Å². The van der Waals surface area contributed by atoms with E-state index in [9.17, 15) is 20.1 Å². The highest BCUT2D eigenvalue weighted by atomic mass is 16.8. The molecule has 64 heavy (non-hydrogen) atoms. The second-order valence-corrected chi connectivity index (χ2v) is 21.3. The van der Waals surface area contributed by atoms with Gasteiger partial charge in [-0.2, -0.15) is 0 Å². The molecule has 24 atom stereocenters. The van der Waals surface area contributed by atoms with E-state index in [0.717, 1.165) is 32.1 Å². The van der Waals surface area contributed by atoms with Crippen LogP contribution in [0.2, 0.25) is 0 Å². The zero-order valence-electron chi connectivity index (χ0n) is 41.0. The predicted molar refractivity (Wildman–Crippen MR) is 231 cm³/mol. The van der Waals surface area contributed by atoms with Crippen molar-refractivity contribution in [2.24, 2.45) is 35.5 Å². The molecule has 0 aromatic rings. The van der Waals surface area contributed by atoms with Gasteiger partial charge in [0.2, 0.25) is 0 Å². The number of hydrogen-bond donors (Lipinski definition) is 3. The first kappa shape index (κ1) is 50.8.